The molecule has 0 spiro atoms. The van der Waals surface area contributed by atoms with E-state index in [1.807, 2.05) is 0 Å². The minimum absolute atomic E-state index is 0.0505. The Balaban J connectivity index is 1.88. The molecule has 0 bridgehead atoms. The Morgan fingerprint density at radius 3 is 2.88 bits per heavy atom. The van der Waals surface area contributed by atoms with Crippen LogP contribution in [0.25, 0.3) is 17.0 Å². The molecular weight excluding hydrogens is 398 g/mol. The van der Waals surface area contributed by atoms with Crippen LogP contribution >= 0.6 is 35.6 Å². The number of aliphatic carboxylic acids is 1. The van der Waals surface area contributed by atoms with E-state index in [-0.39, 0.29) is 29.9 Å². The molecule has 1 aliphatic rings. The lowest BCUT2D eigenvalue weighted by Crippen LogP contribution is -2.29. The van der Waals surface area contributed by atoms with Gasteiger partial charge >= 0.3 is 5.97 Å². The van der Waals surface area contributed by atoms with Crippen molar-refractivity contribution in [3.63, 3.8) is 0 Å². The zero-order chi connectivity index (χ0) is 18.8. The molecule has 134 valence electrons. The van der Waals surface area contributed by atoms with Gasteiger partial charge in [0.15, 0.2) is 5.43 Å². The Morgan fingerprint density at radius 2 is 2.15 bits per heavy atom. The van der Waals surface area contributed by atoms with E-state index in [1.165, 1.54) is 23.3 Å². The molecule has 1 aromatic carbocycles. The van der Waals surface area contributed by atoms with Gasteiger partial charge in [-0.3, -0.25) is 19.3 Å². The third-order valence-corrected chi connectivity index (χ3v) is 5.31. The number of carbonyl (C=O) groups excluding carboxylic acids is 1. The van der Waals surface area contributed by atoms with E-state index >= 15 is 0 Å². The molecule has 3 rings (SSSR count). The summed E-state index contributed by atoms with van der Waals surface area (Å²) >= 11 is 12.2. The first-order chi connectivity index (χ1) is 12.4. The zero-order valence-electron chi connectivity index (χ0n) is 13.2. The second-order valence-corrected chi connectivity index (χ2v) is 7.60. The highest BCUT2D eigenvalue weighted by atomic mass is 35.5. The summed E-state index contributed by atoms with van der Waals surface area (Å²) in [5.74, 6) is -1.28. The molecule has 1 saturated heterocycles. The summed E-state index contributed by atoms with van der Waals surface area (Å²) < 4.78 is 5.77. The molecule has 0 saturated carbocycles. The van der Waals surface area contributed by atoms with Gasteiger partial charge in [0.05, 0.1) is 15.9 Å². The normalized spacial score (nSPS) is 16.0. The number of halogens is 1. The van der Waals surface area contributed by atoms with Crippen LogP contribution in [0, 0.1) is 0 Å². The maximum atomic E-state index is 12.6. The second kappa shape index (κ2) is 7.61. The zero-order valence-corrected chi connectivity index (χ0v) is 15.6. The van der Waals surface area contributed by atoms with Crippen LogP contribution in [0.5, 0.6) is 0 Å². The molecule has 9 heteroatoms. The molecular formula is C17H12ClNO5S2. The monoisotopic (exact) mass is 409 g/mol. The Hall–Kier alpha value is -2.16. The quantitative estimate of drug-likeness (QED) is 0.597. The van der Waals surface area contributed by atoms with Crippen molar-refractivity contribution < 1.29 is 19.1 Å². The Labute approximate surface area is 162 Å². The Bertz CT molecular complexity index is 1010. The molecule has 0 radical (unpaired) electrons. The molecule has 1 aromatic heterocycles. The summed E-state index contributed by atoms with van der Waals surface area (Å²) in [5.41, 5.74) is 0.313. The fraction of sp³-hybridized carbons (Fsp3) is 0.176. The van der Waals surface area contributed by atoms with Crippen LogP contribution in [0.15, 0.2) is 38.6 Å². The minimum Gasteiger partial charge on any atom is -0.481 e. The van der Waals surface area contributed by atoms with Crippen molar-refractivity contribution in [1.82, 2.24) is 4.90 Å². The molecule has 1 N–H and O–H groups in total. The van der Waals surface area contributed by atoms with Gasteiger partial charge in [-0.25, -0.2) is 0 Å². The van der Waals surface area contributed by atoms with Gasteiger partial charge in [0.1, 0.15) is 16.2 Å². The number of carboxylic acids is 1. The molecule has 1 aliphatic heterocycles. The number of hydrogen-bond donors (Lipinski definition) is 1. The first-order valence-electron chi connectivity index (χ1n) is 7.55. The van der Waals surface area contributed by atoms with Crippen LogP contribution in [0.1, 0.15) is 18.4 Å². The third kappa shape index (κ3) is 3.82. The summed E-state index contributed by atoms with van der Waals surface area (Å²) in [5, 5.41) is 9.43. The highest BCUT2D eigenvalue weighted by Gasteiger charge is 2.31. The van der Waals surface area contributed by atoms with Crippen molar-refractivity contribution in [3.05, 3.63) is 50.2 Å². The van der Waals surface area contributed by atoms with Gasteiger partial charge in [0.2, 0.25) is 0 Å². The van der Waals surface area contributed by atoms with Crippen molar-refractivity contribution in [1.29, 1.82) is 0 Å². The number of amides is 1. The summed E-state index contributed by atoms with van der Waals surface area (Å²) in [7, 11) is 0. The smallest absolute Gasteiger partial charge is 0.303 e. The van der Waals surface area contributed by atoms with Gasteiger partial charge in [-0.15, -0.1) is 0 Å². The van der Waals surface area contributed by atoms with Crippen molar-refractivity contribution >= 4 is 68.8 Å². The Morgan fingerprint density at radius 1 is 1.38 bits per heavy atom. The maximum Gasteiger partial charge on any atom is 0.303 e. The number of nitrogens with zero attached hydrogens (tertiary/aromatic N) is 1. The van der Waals surface area contributed by atoms with Crippen molar-refractivity contribution in [2.45, 2.75) is 12.8 Å². The van der Waals surface area contributed by atoms with E-state index in [4.69, 9.17) is 33.3 Å². The first-order valence-corrected chi connectivity index (χ1v) is 9.15. The minimum atomic E-state index is -0.932. The van der Waals surface area contributed by atoms with E-state index in [0.29, 0.717) is 31.6 Å². The highest BCUT2D eigenvalue weighted by molar-refractivity contribution is 8.26. The summed E-state index contributed by atoms with van der Waals surface area (Å²) in [6, 6.07) is 4.73. The number of thiocarbonyl (C=S) groups is 1. The van der Waals surface area contributed by atoms with E-state index in [9.17, 15) is 14.4 Å². The average molecular weight is 410 g/mol. The summed E-state index contributed by atoms with van der Waals surface area (Å²) in [6.07, 6.45) is 2.97. The number of fused-ring (bicyclic) bond motifs is 1. The maximum absolute atomic E-state index is 12.6. The fourth-order valence-electron chi connectivity index (χ4n) is 2.44. The van der Waals surface area contributed by atoms with Gasteiger partial charge in [-0.1, -0.05) is 35.6 Å². The molecule has 0 atom stereocenters. The predicted molar refractivity (Wildman–Crippen MR) is 104 cm³/mol. The van der Waals surface area contributed by atoms with Crippen molar-refractivity contribution in [2.75, 3.05) is 6.54 Å². The lowest BCUT2D eigenvalue weighted by molar-refractivity contribution is -0.137. The summed E-state index contributed by atoms with van der Waals surface area (Å²) in [6.45, 7) is 0.218. The van der Waals surface area contributed by atoms with Crippen LogP contribution < -0.4 is 5.43 Å². The van der Waals surface area contributed by atoms with E-state index < -0.39 is 5.97 Å². The number of thioether (sulfide) groups is 1. The number of carboxylic acid groups (broad SMARTS) is 1. The van der Waals surface area contributed by atoms with Gasteiger partial charge in [-0.05, 0) is 30.7 Å². The number of benzene rings is 1. The average Bonchev–Trinajstić information content (AvgIpc) is 2.85. The van der Waals surface area contributed by atoms with Crippen molar-refractivity contribution in [2.24, 2.45) is 0 Å². The molecule has 0 aliphatic carbocycles. The summed E-state index contributed by atoms with van der Waals surface area (Å²) in [4.78, 5) is 37.3. The molecule has 26 heavy (non-hydrogen) atoms. The lowest BCUT2D eigenvalue weighted by Gasteiger charge is -2.13. The van der Waals surface area contributed by atoms with Gasteiger partial charge in [0, 0.05) is 18.0 Å². The molecule has 1 fully saturated rings. The first kappa shape index (κ1) is 18.6. The third-order valence-electron chi connectivity index (χ3n) is 3.69. The van der Waals surface area contributed by atoms with Crippen LogP contribution in [0.3, 0.4) is 0 Å². The standard InChI is InChI=1S/C17H12ClNO5S2/c18-10-3-4-12-11(7-10)15(22)9(8-24-12)6-13-16(23)19(17(25)26-13)5-1-2-14(20)21/h3-4,6-8H,1-2,5H2,(H,20,21). The van der Waals surface area contributed by atoms with Gasteiger partial charge in [-0.2, -0.15) is 0 Å². The van der Waals surface area contributed by atoms with Crippen molar-refractivity contribution in [3.8, 4) is 0 Å². The topological polar surface area (TPSA) is 87.8 Å². The molecule has 2 heterocycles. The molecule has 6 nitrogen and oxygen atoms in total. The van der Waals surface area contributed by atoms with E-state index in [1.54, 1.807) is 12.1 Å². The predicted octanol–water partition coefficient (Wildman–Crippen LogP) is 3.51. The molecule has 2 aromatic rings. The number of hydrogen-bond acceptors (Lipinski definition) is 6. The molecule has 0 unspecified atom stereocenters. The van der Waals surface area contributed by atoms with Crippen LogP contribution in [0.2, 0.25) is 5.02 Å². The fourth-order valence-corrected chi connectivity index (χ4v) is 3.91. The largest absolute Gasteiger partial charge is 0.481 e. The van der Waals surface area contributed by atoms with Crippen LogP contribution in [-0.2, 0) is 9.59 Å². The SMILES string of the molecule is O=C(O)CCCN1C(=O)C(=Cc2coc3ccc(Cl)cc3c2=O)SC1=S. The number of rotatable bonds is 5. The molecule has 1 amide bonds. The highest BCUT2D eigenvalue weighted by Crippen LogP contribution is 2.32. The van der Waals surface area contributed by atoms with Gasteiger partial charge in [0.25, 0.3) is 5.91 Å². The van der Waals surface area contributed by atoms with E-state index in [2.05, 4.69) is 0 Å². The van der Waals surface area contributed by atoms with Crippen LogP contribution in [-0.4, -0.2) is 32.7 Å². The number of carbonyl (C=O) groups is 2. The van der Waals surface area contributed by atoms with Crippen LogP contribution in [0.4, 0.5) is 0 Å². The Kier molecular flexibility index (Phi) is 5.45. The lowest BCUT2D eigenvalue weighted by atomic mass is 10.1. The van der Waals surface area contributed by atoms with Gasteiger partial charge < -0.3 is 9.52 Å². The van der Waals surface area contributed by atoms with E-state index in [0.717, 1.165) is 11.8 Å². The second-order valence-electron chi connectivity index (χ2n) is 5.49.